The summed E-state index contributed by atoms with van der Waals surface area (Å²) in [5.41, 5.74) is 0. The van der Waals surface area contributed by atoms with E-state index in [1.807, 2.05) is 0 Å². The molecule has 0 saturated heterocycles. The van der Waals surface area contributed by atoms with Crippen molar-refractivity contribution >= 4 is 32.8 Å². The third kappa shape index (κ3) is 12.5. The van der Waals surface area contributed by atoms with Crippen LogP contribution in [0, 0.1) is 0 Å². The molecule has 0 aromatic rings. The third-order valence-corrected chi connectivity index (χ3v) is 5.93. The third-order valence-electron chi connectivity index (χ3n) is 2.78. The van der Waals surface area contributed by atoms with Gasteiger partial charge in [-0.2, -0.15) is 0 Å². The van der Waals surface area contributed by atoms with E-state index in [0.717, 1.165) is 6.42 Å². The second kappa shape index (κ2) is 10.5. The maximum Gasteiger partial charge on any atom is 0.306 e. The van der Waals surface area contributed by atoms with Crippen molar-refractivity contribution in [1.82, 2.24) is 0 Å². The molecule has 0 aliphatic heterocycles. The first-order chi connectivity index (χ1) is 8.87. The molecule has 0 heterocycles. The second-order valence-corrected chi connectivity index (χ2v) is 9.74. The lowest BCUT2D eigenvalue weighted by Crippen LogP contribution is -2.12. The first kappa shape index (κ1) is 18.7. The molecule has 114 valence electrons. The Morgan fingerprint density at radius 2 is 1.79 bits per heavy atom. The topological polar surface area (TPSA) is 52.6 Å². The SMILES string of the molecule is CCS(C)(C)CCCOCCOC(=O)CCC(=O)Cl. The molecule has 0 unspecified atom stereocenters. The molecule has 0 aliphatic carbocycles. The van der Waals surface area contributed by atoms with Crippen molar-refractivity contribution in [2.75, 3.05) is 43.8 Å². The van der Waals surface area contributed by atoms with Crippen LogP contribution in [-0.4, -0.2) is 55.0 Å². The molecule has 0 radical (unpaired) electrons. The van der Waals surface area contributed by atoms with Crippen LogP contribution in [0.1, 0.15) is 26.2 Å². The Balaban J connectivity index is 3.36. The molecular weight excluding hydrogens is 288 g/mol. The molecule has 0 fully saturated rings. The van der Waals surface area contributed by atoms with Gasteiger partial charge in [0.1, 0.15) is 6.61 Å². The molecule has 0 aliphatic rings. The first-order valence-electron chi connectivity index (χ1n) is 6.48. The number of carbonyl (C=O) groups is 2. The normalized spacial score (nSPS) is 12.2. The van der Waals surface area contributed by atoms with Gasteiger partial charge in [0.05, 0.1) is 13.0 Å². The van der Waals surface area contributed by atoms with E-state index in [9.17, 15) is 9.59 Å². The van der Waals surface area contributed by atoms with Crippen LogP contribution in [0.2, 0.25) is 0 Å². The maximum atomic E-state index is 11.1. The lowest BCUT2D eigenvalue weighted by Gasteiger charge is -2.29. The molecule has 0 aromatic heterocycles. The standard InChI is InChI=1S/C13H25ClO4S/c1-4-19(2,3)11-5-8-17-9-10-18-13(16)7-6-12(14)15/h4-11H2,1-3H3. The van der Waals surface area contributed by atoms with Gasteiger partial charge < -0.3 is 9.47 Å². The van der Waals surface area contributed by atoms with Gasteiger partial charge in [-0.05, 0) is 42.0 Å². The average Bonchev–Trinajstić information content (AvgIpc) is 2.35. The number of ether oxygens (including phenoxy) is 2. The Morgan fingerprint density at radius 3 is 2.37 bits per heavy atom. The molecule has 0 atom stereocenters. The lowest BCUT2D eigenvalue weighted by atomic mass is 10.3. The van der Waals surface area contributed by atoms with Crippen molar-refractivity contribution in [1.29, 1.82) is 0 Å². The van der Waals surface area contributed by atoms with E-state index in [4.69, 9.17) is 21.1 Å². The summed E-state index contributed by atoms with van der Waals surface area (Å²) in [6.45, 7) is 3.57. The van der Waals surface area contributed by atoms with Crippen molar-refractivity contribution in [2.45, 2.75) is 26.2 Å². The van der Waals surface area contributed by atoms with Crippen LogP contribution in [0.25, 0.3) is 0 Å². The van der Waals surface area contributed by atoms with Crippen molar-refractivity contribution in [3.8, 4) is 0 Å². The number of hydrogen-bond donors (Lipinski definition) is 0. The predicted octanol–water partition coefficient (Wildman–Crippen LogP) is 2.57. The van der Waals surface area contributed by atoms with Gasteiger partial charge in [-0.3, -0.25) is 9.59 Å². The zero-order valence-electron chi connectivity index (χ0n) is 12.1. The minimum absolute atomic E-state index is 0.0239. The van der Waals surface area contributed by atoms with Gasteiger partial charge in [0, 0.05) is 13.0 Å². The number of hydrogen-bond acceptors (Lipinski definition) is 4. The van der Waals surface area contributed by atoms with Crippen molar-refractivity contribution in [3.05, 3.63) is 0 Å². The van der Waals surface area contributed by atoms with Crippen LogP contribution < -0.4 is 0 Å². The summed E-state index contributed by atoms with van der Waals surface area (Å²) >= 11 is 5.12. The van der Waals surface area contributed by atoms with Crippen molar-refractivity contribution in [2.24, 2.45) is 0 Å². The molecule has 0 N–H and O–H groups in total. The molecule has 0 saturated carbocycles. The van der Waals surface area contributed by atoms with Crippen LogP contribution in [0.15, 0.2) is 0 Å². The molecule has 0 amide bonds. The monoisotopic (exact) mass is 312 g/mol. The second-order valence-electron chi connectivity index (χ2n) is 4.80. The van der Waals surface area contributed by atoms with Gasteiger partial charge in [-0.15, -0.1) is 0 Å². The molecular formula is C13H25ClO4S. The number of rotatable bonds is 11. The highest BCUT2D eigenvalue weighted by atomic mass is 35.5. The highest BCUT2D eigenvalue weighted by Gasteiger charge is 2.08. The molecule has 19 heavy (non-hydrogen) atoms. The summed E-state index contributed by atoms with van der Waals surface area (Å²) < 4.78 is 10.3. The highest BCUT2D eigenvalue weighted by molar-refractivity contribution is 8.32. The zero-order valence-corrected chi connectivity index (χ0v) is 13.6. The van der Waals surface area contributed by atoms with Crippen molar-refractivity contribution in [3.63, 3.8) is 0 Å². The van der Waals surface area contributed by atoms with Gasteiger partial charge >= 0.3 is 5.97 Å². The summed E-state index contributed by atoms with van der Waals surface area (Å²) in [7, 11) is -0.451. The van der Waals surface area contributed by atoms with Crippen LogP contribution >= 0.6 is 21.6 Å². The Kier molecular flexibility index (Phi) is 10.4. The largest absolute Gasteiger partial charge is 0.463 e. The summed E-state index contributed by atoms with van der Waals surface area (Å²) in [5, 5.41) is -0.519. The van der Waals surface area contributed by atoms with E-state index in [1.54, 1.807) is 0 Å². The predicted molar refractivity (Wildman–Crippen MR) is 81.3 cm³/mol. The Labute approximate surface area is 122 Å². The Hall–Kier alpha value is -0.260. The van der Waals surface area contributed by atoms with Gasteiger partial charge in [0.15, 0.2) is 0 Å². The van der Waals surface area contributed by atoms with Crippen LogP contribution in [0.3, 0.4) is 0 Å². The van der Waals surface area contributed by atoms with Gasteiger partial charge in [-0.25, -0.2) is 10.0 Å². The van der Waals surface area contributed by atoms with Crippen molar-refractivity contribution < 1.29 is 19.1 Å². The molecule has 0 aromatic carbocycles. The fraction of sp³-hybridized carbons (Fsp3) is 0.846. The van der Waals surface area contributed by atoms with Gasteiger partial charge in [-0.1, -0.05) is 6.92 Å². The lowest BCUT2D eigenvalue weighted by molar-refractivity contribution is -0.145. The van der Waals surface area contributed by atoms with Crippen LogP contribution in [0.5, 0.6) is 0 Å². The molecule has 0 rings (SSSR count). The van der Waals surface area contributed by atoms with E-state index in [2.05, 4.69) is 19.4 Å². The summed E-state index contributed by atoms with van der Waals surface area (Å²) in [4.78, 5) is 21.6. The number of carbonyl (C=O) groups excluding carboxylic acids is 2. The van der Waals surface area contributed by atoms with E-state index >= 15 is 0 Å². The van der Waals surface area contributed by atoms with E-state index in [-0.39, 0.29) is 19.4 Å². The molecule has 4 nitrogen and oxygen atoms in total. The quantitative estimate of drug-likeness (QED) is 0.334. The first-order valence-corrected chi connectivity index (χ1v) is 9.64. The van der Waals surface area contributed by atoms with Crippen LogP contribution in [0.4, 0.5) is 0 Å². The summed E-state index contributed by atoms with van der Waals surface area (Å²) in [6.07, 6.45) is 5.76. The van der Waals surface area contributed by atoms with E-state index in [1.165, 1.54) is 11.5 Å². The Morgan fingerprint density at radius 1 is 1.11 bits per heavy atom. The molecule has 6 heteroatoms. The zero-order chi connectivity index (χ0) is 14.7. The summed E-state index contributed by atoms with van der Waals surface area (Å²) in [6, 6.07) is 0. The van der Waals surface area contributed by atoms with E-state index in [0.29, 0.717) is 13.2 Å². The fourth-order valence-corrected chi connectivity index (χ4v) is 2.57. The smallest absolute Gasteiger partial charge is 0.306 e. The average molecular weight is 313 g/mol. The highest BCUT2D eigenvalue weighted by Crippen LogP contribution is 2.39. The minimum atomic E-state index is -0.519. The molecule has 0 spiro atoms. The van der Waals surface area contributed by atoms with Gasteiger partial charge in [0.25, 0.3) is 0 Å². The minimum Gasteiger partial charge on any atom is -0.463 e. The number of halogens is 1. The Bertz CT molecular complexity index is 282. The fourth-order valence-electron chi connectivity index (χ4n) is 1.29. The summed E-state index contributed by atoms with van der Waals surface area (Å²) in [5.74, 6) is 2.04. The van der Waals surface area contributed by atoms with E-state index < -0.39 is 21.2 Å². The molecule has 0 bridgehead atoms. The maximum absolute atomic E-state index is 11.1. The van der Waals surface area contributed by atoms with Gasteiger partial charge in [0.2, 0.25) is 5.24 Å². The number of esters is 1. The van der Waals surface area contributed by atoms with Crippen LogP contribution in [-0.2, 0) is 19.1 Å².